The number of benzene rings is 1. The first-order chi connectivity index (χ1) is 11.7. The maximum absolute atomic E-state index is 4.86. The average molecular weight is 335 g/mol. The van der Waals surface area contributed by atoms with E-state index in [1.165, 1.54) is 0 Å². The molecular weight excluding hydrogens is 318 g/mol. The van der Waals surface area contributed by atoms with Gasteiger partial charge in [-0.15, -0.1) is 11.3 Å². The number of nitrogens with zero attached hydrogens (tertiary/aromatic N) is 4. The van der Waals surface area contributed by atoms with Crippen LogP contribution in [0.15, 0.2) is 54.2 Å². The standard InChI is InChI=1S/C18H17N5S/c1-12(2)23-17(14-9-6-10-24-14)22-15-16(19-11-20-18(15)23)21-13-7-4-3-5-8-13/h3-12H,1-2H3,(H,19,20,21). The maximum atomic E-state index is 4.86. The van der Waals surface area contributed by atoms with Gasteiger partial charge in [-0.05, 0) is 37.4 Å². The van der Waals surface area contributed by atoms with E-state index in [4.69, 9.17) is 4.98 Å². The van der Waals surface area contributed by atoms with Crippen molar-refractivity contribution in [2.75, 3.05) is 5.32 Å². The van der Waals surface area contributed by atoms with Crippen molar-refractivity contribution in [1.29, 1.82) is 0 Å². The highest BCUT2D eigenvalue weighted by Crippen LogP contribution is 2.32. The largest absolute Gasteiger partial charge is 0.338 e. The maximum Gasteiger partial charge on any atom is 0.166 e. The van der Waals surface area contributed by atoms with Crippen LogP contribution in [0.5, 0.6) is 0 Å². The Bertz CT molecular complexity index is 958. The van der Waals surface area contributed by atoms with E-state index < -0.39 is 0 Å². The van der Waals surface area contributed by atoms with Crippen LogP contribution in [0, 0.1) is 0 Å². The van der Waals surface area contributed by atoms with Gasteiger partial charge in [0.1, 0.15) is 6.33 Å². The van der Waals surface area contributed by atoms with E-state index in [1.807, 2.05) is 36.4 Å². The van der Waals surface area contributed by atoms with Crippen LogP contribution in [0.2, 0.25) is 0 Å². The van der Waals surface area contributed by atoms with Crippen molar-refractivity contribution >= 4 is 34.0 Å². The first-order valence-electron chi connectivity index (χ1n) is 7.83. The number of nitrogens with one attached hydrogen (secondary N) is 1. The van der Waals surface area contributed by atoms with Gasteiger partial charge in [0.05, 0.1) is 4.88 Å². The summed E-state index contributed by atoms with van der Waals surface area (Å²) in [6.45, 7) is 4.29. The third-order valence-corrected chi connectivity index (χ3v) is 4.64. The average Bonchev–Trinajstić information content (AvgIpc) is 3.23. The lowest BCUT2D eigenvalue weighted by atomic mass is 10.3. The molecule has 120 valence electrons. The second-order valence-corrected chi connectivity index (χ2v) is 6.71. The number of aromatic nitrogens is 4. The monoisotopic (exact) mass is 335 g/mol. The van der Waals surface area contributed by atoms with Crippen molar-refractivity contribution in [3.05, 3.63) is 54.2 Å². The number of thiophene rings is 1. The van der Waals surface area contributed by atoms with Crippen LogP contribution in [0.25, 0.3) is 21.9 Å². The Kier molecular flexibility index (Phi) is 3.74. The summed E-state index contributed by atoms with van der Waals surface area (Å²) in [5.41, 5.74) is 2.62. The molecule has 0 aliphatic heterocycles. The molecule has 0 atom stereocenters. The molecule has 0 amide bonds. The smallest absolute Gasteiger partial charge is 0.166 e. The third kappa shape index (κ3) is 2.55. The summed E-state index contributed by atoms with van der Waals surface area (Å²) in [5, 5.41) is 5.41. The molecule has 3 aromatic heterocycles. The molecular formula is C18H17N5S. The van der Waals surface area contributed by atoms with Crippen LogP contribution in [0.4, 0.5) is 11.5 Å². The van der Waals surface area contributed by atoms with E-state index in [9.17, 15) is 0 Å². The summed E-state index contributed by atoms with van der Waals surface area (Å²) in [4.78, 5) is 14.9. The van der Waals surface area contributed by atoms with Crippen molar-refractivity contribution in [3.8, 4) is 10.7 Å². The van der Waals surface area contributed by atoms with E-state index in [0.29, 0.717) is 0 Å². The highest BCUT2D eigenvalue weighted by atomic mass is 32.1. The van der Waals surface area contributed by atoms with Gasteiger partial charge in [0, 0.05) is 11.7 Å². The Morgan fingerprint density at radius 1 is 1.04 bits per heavy atom. The SMILES string of the molecule is CC(C)n1c(-c2cccs2)nc2c(Nc3ccccc3)ncnc21. The highest BCUT2D eigenvalue weighted by molar-refractivity contribution is 7.13. The molecule has 4 rings (SSSR count). The Morgan fingerprint density at radius 3 is 2.58 bits per heavy atom. The molecule has 0 saturated heterocycles. The topological polar surface area (TPSA) is 55.6 Å². The molecule has 0 radical (unpaired) electrons. The van der Waals surface area contributed by atoms with Gasteiger partial charge in [0.15, 0.2) is 22.8 Å². The van der Waals surface area contributed by atoms with E-state index in [-0.39, 0.29) is 6.04 Å². The Hall–Kier alpha value is -2.73. The molecule has 24 heavy (non-hydrogen) atoms. The summed E-state index contributed by atoms with van der Waals surface area (Å²) in [7, 11) is 0. The van der Waals surface area contributed by atoms with Gasteiger partial charge in [-0.1, -0.05) is 24.3 Å². The third-order valence-electron chi connectivity index (χ3n) is 3.77. The zero-order valence-electron chi connectivity index (χ0n) is 13.5. The molecule has 5 nitrogen and oxygen atoms in total. The molecule has 0 fully saturated rings. The minimum atomic E-state index is 0.256. The Labute approximate surface area is 144 Å². The zero-order chi connectivity index (χ0) is 16.5. The van der Waals surface area contributed by atoms with Crippen LogP contribution in [-0.2, 0) is 0 Å². The van der Waals surface area contributed by atoms with Gasteiger partial charge in [-0.3, -0.25) is 0 Å². The molecule has 0 bridgehead atoms. The highest BCUT2D eigenvalue weighted by Gasteiger charge is 2.19. The lowest BCUT2D eigenvalue weighted by Crippen LogP contribution is -2.04. The Balaban J connectivity index is 1.90. The molecule has 1 aromatic carbocycles. The molecule has 0 aliphatic carbocycles. The second kappa shape index (κ2) is 6.05. The number of para-hydroxylation sites is 1. The fraction of sp³-hybridized carbons (Fsp3) is 0.167. The predicted molar refractivity (Wildman–Crippen MR) is 98.7 cm³/mol. The molecule has 4 aromatic rings. The summed E-state index contributed by atoms with van der Waals surface area (Å²) < 4.78 is 2.17. The quantitative estimate of drug-likeness (QED) is 0.577. The van der Waals surface area contributed by atoms with Crippen LogP contribution in [0.3, 0.4) is 0 Å². The number of imidazole rings is 1. The van der Waals surface area contributed by atoms with Crippen molar-refractivity contribution in [3.63, 3.8) is 0 Å². The lowest BCUT2D eigenvalue weighted by molar-refractivity contribution is 0.620. The van der Waals surface area contributed by atoms with E-state index in [1.54, 1.807) is 17.7 Å². The number of hydrogen-bond donors (Lipinski definition) is 1. The van der Waals surface area contributed by atoms with Crippen molar-refractivity contribution in [2.24, 2.45) is 0 Å². The summed E-state index contributed by atoms with van der Waals surface area (Å²) in [5.74, 6) is 1.66. The van der Waals surface area contributed by atoms with E-state index >= 15 is 0 Å². The normalized spacial score (nSPS) is 11.3. The minimum Gasteiger partial charge on any atom is -0.338 e. The summed E-state index contributed by atoms with van der Waals surface area (Å²) >= 11 is 1.68. The van der Waals surface area contributed by atoms with E-state index in [0.717, 1.165) is 33.4 Å². The summed E-state index contributed by atoms with van der Waals surface area (Å²) in [6.07, 6.45) is 1.59. The number of rotatable bonds is 4. The predicted octanol–water partition coefficient (Wildman–Crippen LogP) is 4.88. The van der Waals surface area contributed by atoms with Crippen LogP contribution in [-0.4, -0.2) is 19.5 Å². The van der Waals surface area contributed by atoms with Crippen molar-refractivity contribution in [2.45, 2.75) is 19.9 Å². The van der Waals surface area contributed by atoms with Gasteiger partial charge in [-0.2, -0.15) is 0 Å². The van der Waals surface area contributed by atoms with Crippen LogP contribution < -0.4 is 5.32 Å². The molecule has 0 saturated carbocycles. The van der Waals surface area contributed by atoms with Crippen LogP contribution in [0.1, 0.15) is 19.9 Å². The molecule has 1 N–H and O–H groups in total. The van der Waals surface area contributed by atoms with Crippen molar-refractivity contribution < 1.29 is 0 Å². The van der Waals surface area contributed by atoms with Crippen LogP contribution >= 0.6 is 11.3 Å². The molecule has 0 unspecified atom stereocenters. The van der Waals surface area contributed by atoms with Gasteiger partial charge >= 0.3 is 0 Å². The second-order valence-electron chi connectivity index (χ2n) is 5.76. The number of hydrogen-bond acceptors (Lipinski definition) is 5. The van der Waals surface area contributed by atoms with Gasteiger partial charge in [-0.25, -0.2) is 15.0 Å². The van der Waals surface area contributed by atoms with Gasteiger partial charge in [0.25, 0.3) is 0 Å². The number of fused-ring (bicyclic) bond motifs is 1. The Morgan fingerprint density at radius 2 is 1.88 bits per heavy atom. The van der Waals surface area contributed by atoms with E-state index in [2.05, 4.69) is 45.1 Å². The minimum absolute atomic E-state index is 0.256. The zero-order valence-corrected chi connectivity index (χ0v) is 14.3. The van der Waals surface area contributed by atoms with Gasteiger partial charge < -0.3 is 9.88 Å². The number of anilines is 2. The molecule has 0 aliphatic rings. The first kappa shape index (κ1) is 14.8. The molecule has 6 heteroatoms. The fourth-order valence-electron chi connectivity index (χ4n) is 2.73. The lowest BCUT2D eigenvalue weighted by Gasteiger charge is -2.11. The molecule has 0 spiro atoms. The van der Waals surface area contributed by atoms with Crippen molar-refractivity contribution in [1.82, 2.24) is 19.5 Å². The molecule has 3 heterocycles. The summed E-state index contributed by atoms with van der Waals surface area (Å²) in [6, 6.07) is 14.4. The fourth-order valence-corrected chi connectivity index (χ4v) is 3.44. The van der Waals surface area contributed by atoms with Gasteiger partial charge in [0.2, 0.25) is 0 Å². The first-order valence-corrected chi connectivity index (χ1v) is 8.71.